The highest BCUT2D eigenvalue weighted by molar-refractivity contribution is 5.56. The largest absolute Gasteiger partial charge is 0.497 e. The van der Waals surface area contributed by atoms with Gasteiger partial charge < -0.3 is 15.4 Å². The molecule has 0 aliphatic carbocycles. The van der Waals surface area contributed by atoms with Crippen molar-refractivity contribution < 1.29 is 4.74 Å². The predicted molar refractivity (Wildman–Crippen MR) is 99.4 cm³/mol. The minimum atomic E-state index is 0.809. The van der Waals surface area contributed by atoms with Crippen LogP contribution in [-0.2, 0) is 6.54 Å². The molecule has 0 aromatic heterocycles. The summed E-state index contributed by atoms with van der Waals surface area (Å²) in [5, 5.41) is 6.97. The monoisotopic (exact) mass is 312 g/mol. The molecule has 0 atom stereocenters. The van der Waals surface area contributed by atoms with Crippen LogP contribution in [0.2, 0.25) is 0 Å². The summed E-state index contributed by atoms with van der Waals surface area (Å²) in [5.74, 6) is 0.892. The zero-order valence-corrected chi connectivity index (χ0v) is 14.3. The zero-order chi connectivity index (χ0) is 16.3. The molecule has 124 valence electrons. The molecule has 0 saturated heterocycles. The van der Waals surface area contributed by atoms with Gasteiger partial charge in [-0.3, -0.25) is 0 Å². The number of unbranched alkanes of at least 4 members (excludes halogenated alkanes) is 3. The molecular formula is C20H28N2O. The van der Waals surface area contributed by atoms with E-state index in [1.54, 1.807) is 7.11 Å². The molecule has 2 N–H and O–H groups in total. The Hall–Kier alpha value is -2.16. The molecule has 0 fully saturated rings. The number of hydrogen-bond acceptors (Lipinski definition) is 3. The zero-order valence-electron chi connectivity index (χ0n) is 14.3. The number of ether oxygens (including phenoxy) is 1. The van der Waals surface area contributed by atoms with Gasteiger partial charge in [-0.15, -0.1) is 0 Å². The predicted octanol–water partition coefficient (Wildman–Crippen LogP) is 5.30. The molecule has 0 heterocycles. The summed E-state index contributed by atoms with van der Waals surface area (Å²) in [6.45, 7) is 4.09. The first kappa shape index (κ1) is 17.2. The van der Waals surface area contributed by atoms with Crippen LogP contribution in [0.3, 0.4) is 0 Å². The van der Waals surface area contributed by atoms with E-state index in [9.17, 15) is 0 Å². The van der Waals surface area contributed by atoms with Crippen molar-refractivity contribution in [3.63, 3.8) is 0 Å². The summed E-state index contributed by atoms with van der Waals surface area (Å²) in [6, 6.07) is 16.6. The second-order valence-corrected chi connectivity index (χ2v) is 5.77. The second kappa shape index (κ2) is 9.78. The van der Waals surface area contributed by atoms with E-state index in [1.165, 1.54) is 36.9 Å². The van der Waals surface area contributed by atoms with Crippen molar-refractivity contribution in [3.05, 3.63) is 54.1 Å². The molecule has 0 saturated carbocycles. The molecule has 0 spiro atoms. The highest BCUT2D eigenvalue weighted by atomic mass is 16.5. The van der Waals surface area contributed by atoms with Crippen molar-refractivity contribution in [2.24, 2.45) is 0 Å². The molecular weight excluding hydrogens is 284 g/mol. The van der Waals surface area contributed by atoms with Gasteiger partial charge in [0.25, 0.3) is 0 Å². The number of anilines is 2. The molecule has 2 aromatic rings. The third-order valence-electron chi connectivity index (χ3n) is 3.88. The van der Waals surface area contributed by atoms with E-state index in [4.69, 9.17) is 4.74 Å². The van der Waals surface area contributed by atoms with Crippen LogP contribution in [0.1, 0.15) is 38.2 Å². The Labute approximate surface area is 140 Å². The molecule has 0 amide bonds. The molecule has 3 heteroatoms. The first-order valence-electron chi connectivity index (χ1n) is 8.52. The number of hydrogen-bond donors (Lipinski definition) is 2. The van der Waals surface area contributed by atoms with Crippen LogP contribution in [0.25, 0.3) is 0 Å². The standard InChI is InChI=1S/C20H28N2O/c1-3-4-5-6-14-21-18-8-7-9-19(15-18)22-16-17-10-12-20(23-2)13-11-17/h7-13,15,21-22H,3-6,14,16H2,1-2H3. The molecule has 2 aromatic carbocycles. The van der Waals surface area contributed by atoms with E-state index in [2.05, 4.69) is 54.0 Å². The van der Waals surface area contributed by atoms with E-state index in [1.807, 2.05) is 12.1 Å². The summed E-state index contributed by atoms with van der Waals surface area (Å²) >= 11 is 0. The van der Waals surface area contributed by atoms with Crippen molar-refractivity contribution in [2.75, 3.05) is 24.3 Å². The fourth-order valence-corrected chi connectivity index (χ4v) is 2.47. The van der Waals surface area contributed by atoms with Crippen molar-refractivity contribution >= 4 is 11.4 Å². The van der Waals surface area contributed by atoms with E-state index in [-0.39, 0.29) is 0 Å². The Balaban J connectivity index is 1.79. The Morgan fingerprint density at radius 2 is 1.61 bits per heavy atom. The number of benzene rings is 2. The minimum absolute atomic E-state index is 0.809. The number of nitrogens with one attached hydrogen (secondary N) is 2. The Morgan fingerprint density at radius 1 is 0.870 bits per heavy atom. The SMILES string of the molecule is CCCCCCNc1cccc(NCc2ccc(OC)cc2)c1. The van der Waals surface area contributed by atoms with Gasteiger partial charge in [-0.2, -0.15) is 0 Å². The lowest BCUT2D eigenvalue weighted by Gasteiger charge is -2.11. The van der Waals surface area contributed by atoms with Gasteiger partial charge in [0, 0.05) is 24.5 Å². The van der Waals surface area contributed by atoms with Gasteiger partial charge in [-0.05, 0) is 42.3 Å². The molecule has 0 radical (unpaired) electrons. The smallest absolute Gasteiger partial charge is 0.118 e. The van der Waals surface area contributed by atoms with E-state index >= 15 is 0 Å². The van der Waals surface area contributed by atoms with Crippen molar-refractivity contribution in [1.29, 1.82) is 0 Å². The second-order valence-electron chi connectivity index (χ2n) is 5.77. The number of methoxy groups -OCH3 is 1. The lowest BCUT2D eigenvalue weighted by molar-refractivity contribution is 0.414. The topological polar surface area (TPSA) is 33.3 Å². The van der Waals surface area contributed by atoms with Crippen LogP contribution >= 0.6 is 0 Å². The summed E-state index contributed by atoms with van der Waals surface area (Å²) in [5.41, 5.74) is 3.56. The van der Waals surface area contributed by atoms with Gasteiger partial charge in [0.15, 0.2) is 0 Å². The summed E-state index contributed by atoms with van der Waals surface area (Å²) < 4.78 is 5.18. The maximum Gasteiger partial charge on any atom is 0.118 e. The average molecular weight is 312 g/mol. The molecule has 0 aliphatic heterocycles. The summed E-state index contributed by atoms with van der Waals surface area (Å²) in [7, 11) is 1.69. The van der Waals surface area contributed by atoms with Crippen LogP contribution in [0.4, 0.5) is 11.4 Å². The van der Waals surface area contributed by atoms with Gasteiger partial charge >= 0.3 is 0 Å². The highest BCUT2D eigenvalue weighted by Gasteiger charge is 1.98. The van der Waals surface area contributed by atoms with E-state index in [0.717, 1.165) is 24.5 Å². The van der Waals surface area contributed by atoms with Crippen molar-refractivity contribution in [1.82, 2.24) is 0 Å². The van der Waals surface area contributed by atoms with Crippen LogP contribution in [0.15, 0.2) is 48.5 Å². The van der Waals surface area contributed by atoms with Gasteiger partial charge in [-0.1, -0.05) is 44.4 Å². The maximum absolute atomic E-state index is 5.18. The quantitative estimate of drug-likeness (QED) is 0.584. The van der Waals surface area contributed by atoms with Gasteiger partial charge in [-0.25, -0.2) is 0 Å². The molecule has 23 heavy (non-hydrogen) atoms. The Morgan fingerprint density at radius 3 is 2.30 bits per heavy atom. The van der Waals surface area contributed by atoms with Gasteiger partial charge in [0.1, 0.15) is 5.75 Å². The van der Waals surface area contributed by atoms with Crippen LogP contribution in [0.5, 0.6) is 5.75 Å². The molecule has 0 unspecified atom stereocenters. The first-order chi connectivity index (χ1) is 11.3. The third kappa shape index (κ3) is 6.23. The lowest BCUT2D eigenvalue weighted by Crippen LogP contribution is -2.03. The number of rotatable bonds is 10. The van der Waals surface area contributed by atoms with Gasteiger partial charge in [0.2, 0.25) is 0 Å². The Bertz CT molecular complexity index is 566. The lowest BCUT2D eigenvalue weighted by atomic mass is 10.2. The summed E-state index contributed by atoms with van der Waals surface area (Å²) in [6.07, 6.45) is 5.14. The van der Waals surface area contributed by atoms with Gasteiger partial charge in [0.05, 0.1) is 7.11 Å². The third-order valence-corrected chi connectivity index (χ3v) is 3.88. The van der Waals surface area contributed by atoms with Crippen LogP contribution in [-0.4, -0.2) is 13.7 Å². The molecule has 2 rings (SSSR count). The average Bonchev–Trinajstić information content (AvgIpc) is 2.60. The molecule has 3 nitrogen and oxygen atoms in total. The fourth-order valence-electron chi connectivity index (χ4n) is 2.47. The summed E-state index contributed by atoms with van der Waals surface area (Å²) in [4.78, 5) is 0. The van der Waals surface area contributed by atoms with Crippen molar-refractivity contribution in [2.45, 2.75) is 39.2 Å². The maximum atomic E-state index is 5.18. The van der Waals surface area contributed by atoms with Crippen molar-refractivity contribution in [3.8, 4) is 5.75 Å². The highest BCUT2D eigenvalue weighted by Crippen LogP contribution is 2.17. The first-order valence-corrected chi connectivity index (χ1v) is 8.52. The fraction of sp³-hybridized carbons (Fsp3) is 0.400. The van der Waals surface area contributed by atoms with E-state index < -0.39 is 0 Å². The minimum Gasteiger partial charge on any atom is -0.497 e. The van der Waals surface area contributed by atoms with Crippen LogP contribution in [0, 0.1) is 0 Å². The normalized spacial score (nSPS) is 10.3. The molecule has 0 bridgehead atoms. The van der Waals surface area contributed by atoms with Crippen LogP contribution < -0.4 is 15.4 Å². The van der Waals surface area contributed by atoms with E-state index in [0.29, 0.717) is 0 Å². The Kier molecular flexibility index (Phi) is 7.31. The molecule has 0 aliphatic rings.